The highest BCUT2D eigenvalue weighted by molar-refractivity contribution is 9.10. The Bertz CT molecular complexity index is 1050. The minimum absolute atomic E-state index is 0.266. The summed E-state index contributed by atoms with van der Waals surface area (Å²) in [6.07, 6.45) is 2.96. The second kappa shape index (κ2) is 7.38. The number of carbonyl (C=O) groups is 1. The number of halogens is 2. The molecule has 0 fully saturated rings. The summed E-state index contributed by atoms with van der Waals surface area (Å²) >= 11 is 3.36. The van der Waals surface area contributed by atoms with Crippen molar-refractivity contribution in [3.05, 3.63) is 52.0 Å². The topological polar surface area (TPSA) is 71.8 Å². The summed E-state index contributed by atoms with van der Waals surface area (Å²) < 4.78 is 22.2. The number of benzene rings is 1. The molecule has 28 heavy (non-hydrogen) atoms. The SMILES string of the molecule is CCN1Cc2c(ccc(F)c2Br)O[C@@H](C)CNC(=O)c2cnn3ccc1nc23. The minimum Gasteiger partial charge on any atom is -0.488 e. The third-order valence-electron chi connectivity index (χ3n) is 4.69. The highest BCUT2D eigenvalue weighted by atomic mass is 79.9. The van der Waals surface area contributed by atoms with Gasteiger partial charge in [0.15, 0.2) is 5.65 Å². The molecule has 1 aliphatic heterocycles. The summed E-state index contributed by atoms with van der Waals surface area (Å²) in [4.78, 5) is 19.2. The van der Waals surface area contributed by atoms with E-state index in [1.165, 1.54) is 12.3 Å². The standard InChI is InChI=1S/C19H19BrFN5O2/c1-3-25-10-13-15(5-4-14(21)17(13)20)28-11(2)8-22-19(27)12-9-23-26-7-6-16(25)24-18(12)26/h4-7,9,11H,3,8,10H2,1-2H3,(H,22,27)/t11-/m0/s1. The maximum atomic E-state index is 14.2. The van der Waals surface area contributed by atoms with Crippen molar-refractivity contribution in [2.24, 2.45) is 0 Å². The van der Waals surface area contributed by atoms with Gasteiger partial charge in [0.2, 0.25) is 0 Å². The summed E-state index contributed by atoms with van der Waals surface area (Å²) in [6.45, 7) is 5.16. The van der Waals surface area contributed by atoms with E-state index in [0.717, 1.165) is 0 Å². The first-order chi connectivity index (χ1) is 13.5. The number of rotatable bonds is 1. The first-order valence-corrected chi connectivity index (χ1v) is 9.78. The Morgan fingerprint density at radius 2 is 2.21 bits per heavy atom. The van der Waals surface area contributed by atoms with Crippen molar-refractivity contribution >= 4 is 33.3 Å². The molecule has 0 saturated carbocycles. The van der Waals surface area contributed by atoms with Crippen LogP contribution in [0.4, 0.5) is 10.2 Å². The van der Waals surface area contributed by atoms with Crippen molar-refractivity contribution in [1.82, 2.24) is 19.9 Å². The van der Waals surface area contributed by atoms with E-state index < -0.39 is 0 Å². The third-order valence-corrected chi connectivity index (χ3v) is 5.54. The number of amides is 1. The Hall–Kier alpha value is -2.68. The van der Waals surface area contributed by atoms with Gasteiger partial charge in [0.1, 0.15) is 29.1 Å². The van der Waals surface area contributed by atoms with Crippen LogP contribution in [-0.4, -0.2) is 39.7 Å². The Morgan fingerprint density at radius 3 is 3.00 bits per heavy atom. The van der Waals surface area contributed by atoms with Crippen molar-refractivity contribution in [3.63, 3.8) is 0 Å². The average molecular weight is 448 g/mol. The van der Waals surface area contributed by atoms with Gasteiger partial charge in [0.25, 0.3) is 5.91 Å². The van der Waals surface area contributed by atoms with E-state index in [1.54, 1.807) is 16.8 Å². The van der Waals surface area contributed by atoms with Crippen LogP contribution in [0.3, 0.4) is 0 Å². The number of nitrogens with zero attached hydrogens (tertiary/aromatic N) is 4. The number of nitrogens with one attached hydrogen (secondary N) is 1. The van der Waals surface area contributed by atoms with E-state index in [0.29, 0.717) is 52.4 Å². The highest BCUT2D eigenvalue weighted by Crippen LogP contribution is 2.32. The molecule has 2 bridgehead atoms. The number of fused-ring (bicyclic) bond motifs is 2. The Labute approximate surface area is 169 Å². The zero-order chi connectivity index (χ0) is 19.8. The first kappa shape index (κ1) is 18.7. The van der Waals surface area contributed by atoms with Crippen LogP contribution in [0.2, 0.25) is 0 Å². The Kier molecular flexibility index (Phi) is 4.92. The predicted octanol–water partition coefficient (Wildman–Crippen LogP) is 3.17. The van der Waals surface area contributed by atoms with Crippen LogP contribution in [0.1, 0.15) is 29.8 Å². The zero-order valence-electron chi connectivity index (χ0n) is 15.4. The quantitative estimate of drug-likeness (QED) is 0.620. The van der Waals surface area contributed by atoms with Gasteiger partial charge in [-0.3, -0.25) is 4.79 Å². The predicted molar refractivity (Wildman–Crippen MR) is 106 cm³/mol. The summed E-state index contributed by atoms with van der Waals surface area (Å²) in [6, 6.07) is 4.80. The number of anilines is 1. The lowest BCUT2D eigenvalue weighted by molar-refractivity contribution is 0.0933. The van der Waals surface area contributed by atoms with E-state index in [-0.39, 0.29) is 17.8 Å². The van der Waals surface area contributed by atoms with Crippen LogP contribution in [0.25, 0.3) is 5.65 Å². The summed E-state index contributed by atoms with van der Waals surface area (Å²) in [7, 11) is 0. The summed E-state index contributed by atoms with van der Waals surface area (Å²) in [5.41, 5.74) is 1.56. The molecular weight excluding hydrogens is 429 g/mol. The highest BCUT2D eigenvalue weighted by Gasteiger charge is 2.22. The van der Waals surface area contributed by atoms with Gasteiger partial charge in [0, 0.05) is 24.8 Å². The van der Waals surface area contributed by atoms with Gasteiger partial charge in [-0.25, -0.2) is 13.9 Å². The van der Waals surface area contributed by atoms with Crippen LogP contribution in [0.15, 0.2) is 35.1 Å². The Morgan fingerprint density at radius 1 is 1.39 bits per heavy atom. The van der Waals surface area contributed by atoms with Crippen molar-refractivity contribution in [2.75, 3.05) is 18.0 Å². The molecule has 0 unspecified atom stereocenters. The fourth-order valence-electron chi connectivity index (χ4n) is 3.16. The fourth-order valence-corrected chi connectivity index (χ4v) is 3.62. The van der Waals surface area contributed by atoms with Crippen LogP contribution in [0.5, 0.6) is 5.75 Å². The number of carbonyl (C=O) groups excluding carboxylic acids is 1. The largest absolute Gasteiger partial charge is 0.488 e. The van der Waals surface area contributed by atoms with Crippen molar-refractivity contribution in [3.8, 4) is 5.75 Å². The van der Waals surface area contributed by atoms with Gasteiger partial charge in [-0.15, -0.1) is 0 Å². The molecule has 0 aliphatic carbocycles. The molecule has 0 spiro atoms. The molecule has 7 nitrogen and oxygen atoms in total. The lowest BCUT2D eigenvalue weighted by Gasteiger charge is -2.25. The first-order valence-electron chi connectivity index (χ1n) is 8.99. The van der Waals surface area contributed by atoms with Gasteiger partial charge >= 0.3 is 0 Å². The monoisotopic (exact) mass is 447 g/mol. The smallest absolute Gasteiger partial charge is 0.256 e. The molecule has 146 valence electrons. The van der Waals surface area contributed by atoms with Gasteiger partial charge in [-0.05, 0) is 48.0 Å². The molecule has 1 amide bonds. The van der Waals surface area contributed by atoms with E-state index in [2.05, 4.69) is 31.3 Å². The average Bonchev–Trinajstić information content (AvgIpc) is 3.11. The molecule has 9 heteroatoms. The van der Waals surface area contributed by atoms with Gasteiger partial charge in [0.05, 0.1) is 17.2 Å². The van der Waals surface area contributed by atoms with E-state index in [1.807, 2.05) is 24.8 Å². The van der Waals surface area contributed by atoms with Crippen molar-refractivity contribution < 1.29 is 13.9 Å². The molecule has 0 radical (unpaired) electrons. The van der Waals surface area contributed by atoms with Gasteiger partial charge < -0.3 is 15.0 Å². The van der Waals surface area contributed by atoms with E-state index >= 15 is 0 Å². The maximum absolute atomic E-state index is 14.2. The molecule has 1 N–H and O–H groups in total. The lowest BCUT2D eigenvalue weighted by atomic mass is 10.1. The Balaban J connectivity index is 1.87. The van der Waals surface area contributed by atoms with Crippen LogP contribution >= 0.6 is 15.9 Å². The second-order valence-electron chi connectivity index (χ2n) is 6.60. The molecular formula is C19H19BrFN5O2. The molecule has 1 aliphatic rings. The zero-order valence-corrected chi connectivity index (χ0v) is 17.0. The molecule has 3 aromatic rings. The number of aromatic nitrogens is 3. The minimum atomic E-state index is -0.356. The fraction of sp³-hybridized carbons (Fsp3) is 0.316. The van der Waals surface area contributed by atoms with Crippen LogP contribution in [-0.2, 0) is 6.54 Å². The van der Waals surface area contributed by atoms with Gasteiger partial charge in [-0.1, -0.05) is 0 Å². The molecule has 0 saturated heterocycles. The molecule has 4 rings (SSSR count). The van der Waals surface area contributed by atoms with Gasteiger partial charge in [-0.2, -0.15) is 5.10 Å². The second-order valence-corrected chi connectivity index (χ2v) is 7.40. The molecule has 1 aromatic carbocycles. The van der Waals surface area contributed by atoms with Crippen LogP contribution < -0.4 is 15.0 Å². The number of hydrogen-bond donors (Lipinski definition) is 1. The molecule has 3 heterocycles. The van der Waals surface area contributed by atoms with Crippen molar-refractivity contribution in [2.45, 2.75) is 26.5 Å². The third kappa shape index (κ3) is 3.30. The summed E-state index contributed by atoms with van der Waals surface area (Å²) in [5, 5.41) is 7.05. The normalized spacial score (nSPS) is 17.4. The maximum Gasteiger partial charge on any atom is 0.256 e. The van der Waals surface area contributed by atoms with E-state index in [9.17, 15) is 9.18 Å². The summed E-state index contributed by atoms with van der Waals surface area (Å²) in [5.74, 6) is 0.610. The number of ether oxygens (including phenoxy) is 1. The number of hydrogen-bond acceptors (Lipinski definition) is 5. The van der Waals surface area contributed by atoms with E-state index in [4.69, 9.17) is 4.74 Å². The molecule has 1 atom stereocenters. The molecule has 2 aromatic heterocycles. The lowest BCUT2D eigenvalue weighted by Crippen LogP contribution is -2.33. The van der Waals surface area contributed by atoms with Crippen molar-refractivity contribution in [1.29, 1.82) is 0 Å². The van der Waals surface area contributed by atoms with Crippen LogP contribution in [0, 0.1) is 5.82 Å².